The molecule has 0 aromatic heterocycles. The number of hydrogen-bond donors (Lipinski definition) is 3. The van der Waals surface area contributed by atoms with Gasteiger partial charge in [0.25, 0.3) is 0 Å². The Balaban J connectivity index is 1.67. The predicted molar refractivity (Wildman–Crippen MR) is 89.2 cm³/mol. The summed E-state index contributed by atoms with van der Waals surface area (Å²) < 4.78 is 12.8. The number of hydrogen-bond acceptors (Lipinski definition) is 4. The van der Waals surface area contributed by atoms with Gasteiger partial charge in [0.1, 0.15) is 5.82 Å². The van der Waals surface area contributed by atoms with Gasteiger partial charge in [-0.05, 0) is 44.0 Å². The maximum atomic E-state index is 12.8. The van der Waals surface area contributed by atoms with Crippen LogP contribution >= 0.6 is 11.8 Å². The van der Waals surface area contributed by atoms with Gasteiger partial charge in [0, 0.05) is 11.7 Å². The van der Waals surface area contributed by atoms with Crippen LogP contribution in [0.5, 0.6) is 0 Å². The van der Waals surface area contributed by atoms with Gasteiger partial charge in [0.05, 0.1) is 16.9 Å². The quantitative estimate of drug-likeness (QED) is 0.695. The zero-order valence-electron chi connectivity index (χ0n) is 13.1. The third-order valence-electron chi connectivity index (χ3n) is 3.80. The highest BCUT2D eigenvalue weighted by molar-refractivity contribution is 8.01. The van der Waals surface area contributed by atoms with Crippen molar-refractivity contribution in [3.05, 3.63) is 30.1 Å². The maximum absolute atomic E-state index is 12.8. The molecule has 1 aromatic carbocycles. The van der Waals surface area contributed by atoms with Crippen LogP contribution < -0.4 is 10.6 Å². The molecule has 0 aliphatic heterocycles. The fourth-order valence-electron chi connectivity index (χ4n) is 2.26. The highest BCUT2D eigenvalue weighted by Crippen LogP contribution is 2.27. The van der Waals surface area contributed by atoms with Crippen molar-refractivity contribution in [3.63, 3.8) is 0 Å². The first-order valence-corrected chi connectivity index (χ1v) is 8.60. The summed E-state index contributed by atoms with van der Waals surface area (Å²) in [4.78, 5) is 34.5. The Labute approximate surface area is 143 Å². The number of anilines is 1. The van der Waals surface area contributed by atoms with Gasteiger partial charge < -0.3 is 15.7 Å². The molecule has 0 bridgehead atoms. The molecule has 1 aliphatic rings. The molecule has 0 radical (unpaired) electrons. The van der Waals surface area contributed by atoms with Gasteiger partial charge in [-0.1, -0.05) is 0 Å². The van der Waals surface area contributed by atoms with Crippen LogP contribution in [0.1, 0.15) is 19.8 Å². The van der Waals surface area contributed by atoms with E-state index < -0.39 is 11.2 Å². The molecule has 0 heterocycles. The van der Waals surface area contributed by atoms with Crippen molar-refractivity contribution < 1.29 is 23.9 Å². The predicted octanol–water partition coefficient (Wildman–Crippen LogP) is 1.87. The van der Waals surface area contributed by atoms with Crippen LogP contribution in [-0.2, 0) is 14.4 Å². The van der Waals surface area contributed by atoms with Crippen molar-refractivity contribution in [2.45, 2.75) is 31.1 Å². The lowest BCUT2D eigenvalue weighted by Gasteiger charge is -2.33. The lowest BCUT2D eigenvalue weighted by molar-refractivity contribution is -0.146. The lowest BCUT2D eigenvalue weighted by atomic mass is 9.80. The smallest absolute Gasteiger partial charge is 0.306 e. The number of halogens is 1. The van der Waals surface area contributed by atoms with Gasteiger partial charge in [-0.15, -0.1) is 11.8 Å². The summed E-state index contributed by atoms with van der Waals surface area (Å²) >= 11 is 1.18. The normalized spacial score (nSPS) is 20.6. The number of carbonyl (C=O) groups is 3. The second-order valence-corrected chi connectivity index (χ2v) is 7.05. The molecule has 1 unspecified atom stereocenters. The SMILES string of the molecule is CC(SCC(=O)Nc1ccc(F)cc1)C(=O)NC1CC(C(=O)O)C1. The van der Waals surface area contributed by atoms with E-state index in [1.807, 2.05) is 0 Å². The lowest BCUT2D eigenvalue weighted by Crippen LogP contribution is -2.48. The van der Waals surface area contributed by atoms with Crippen LogP contribution in [0.3, 0.4) is 0 Å². The number of benzene rings is 1. The molecule has 6 nitrogen and oxygen atoms in total. The monoisotopic (exact) mass is 354 g/mol. The van der Waals surface area contributed by atoms with Crippen molar-refractivity contribution in [3.8, 4) is 0 Å². The summed E-state index contributed by atoms with van der Waals surface area (Å²) in [6.07, 6.45) is 0.896. The number of nitrogens with one attached hydrogen (secondary N) is 2. The van der Waals surface area contributed by atoms with Crippen molar-refractivity contribution in [1.82, 2.24) is 5.32 Å². The molecule has 3 N–H and O–H groups in total. The molecule has 0 saturated heterocycles. The number of carboxylic acid groups (broad SMARTS) is 1. The standard InChI is InChI=1S/C16H19FN2O4S/c1-9(15(21)19-13-6-10(7-13)16(22)23)24-8-14(20)18-12-4-2-11(17)3-5-12/h2-5,9-10,13H,6-8H2,1H3,(H,18,20)(H,19,21)(H,22,23). The minimum Gasteiger partial charge on any atom is -0.481 e. The Morgan fingerprint density at radius 2 is 1.92 bits per heavy atom. The molecule has 24 heavy (non-hydrogen) atoms. The molecule has 0 spiro atoms. The molecular formula is C16H19FN2O4S. The van der Waals surface area contributed by atoms with Crippen LogP contribution in [0.2, 0.25) is 0 Å². The number of rotatable bonds is 7. The van der Waals surface area contributed by atoms with E-state index in [1.54, 1.807) is 6.92 Å². The second kappa shape index (κ2) is 8.14. The van der Waals surface area contributed by atoms with Gasteiger partial charge >= 0.3 is 5.97 Å². The van der Waals surface area contributed by atoms with Crippen molar-refractivity contribution in [2.75, 3.05) is 11.1 Å². The van der Waals surface area contributed by atoms with Crippen LogP contribution in [-0.4, -0.2) is 39.9 Å². The van der Waals surface area contributed by atoms with Crippen LogP contribution in [0.4, 0.5) is 10.1 Å². The van der Waals surface area contributed by atoms with E-state index in [1.165, 1.54) is 36.0 Å². The zero-order valence-corrected chi connectivity index (χ0v) is 13.9. The zero-order chi connectivity index (χ0) is 17.7. The number of carbonyl (C=O) groups excluding carboxylic acids is 2. The maximum Gasteiger partial charge on any atom is 0.306 e. The Bertz CT molecular complexity index is 617. The molecule has 1 fully saturated rings. The largest absolute Gasteiger partial charge is 0.481 e. The third-order valence-corrected chi connectivity index (χ3v) is 4.94. The van der Waals surface area contributed by atoms with Crippen molar-refractivity contribution in [2.24, 2.45) is 5.92 Å². The van der Waals surface area contributed by atoms with Crippen LogP contribution in [0, 0.1) is 11.7 Å². The Morgan fingerprint density at radius 3 is 2.50 bits per heavy atom. The van der Waals surface area contributed by atoms with E-state index in [2.05, 4.69) is 10.6 Å². The third kappa shape index (κ3) is 5.23. The minimum absolute atomic E-state index is 0.0916. The van der Waals surface area contributed by atoms with E-state index in [-0.39, 0.29) is 35.3 Å². The van der Waals surface area contributed by atoms with Gasteiger partial charge in [-0.25, -0.2) is 4.39 Å². The van der Waals surface area contributed by atoms with Crippen molar-refractivity contribution >= 4 is 35.2 Å². The Morgan fingerprint density at radius 1 is 1.29 bits per heavy atom. The van der Waals surface area contributed by atoms with Gasteiger partial charge in [0.15, 0.2) is 0 Å². The van der Waals surface area contributed by atoms with Crippen LogP contribution in [0.15, 0.2) is 24.3 Å². The van der Waals surface area contributed by atoms with E-state index in [9.17, 15) is 18.8 Å². The summed E-state index contributed by atoms with van der Waals surface area (Å²) in [6, 6.07) is 5.33. The number of carboxylic acids is 1. The molecule has 2 rings (SSSR count). The summed E-state index contributed by atoms with van der Waals surface area (Å²) in [5.74, 6) is -1.98. The second-order valence-electron chi connectivity index (χ2n) is 5.72. The van der Waals surface area contributed by atoms with E-state index >= 15 is 0 Å². The average molecular weight is 354 g/mol. The molecule has 1 atom stereocenters. The fraction of sp³-hybridized carbons (Fsp3) is 0.438. The first-order valence-electron chi connectivity index (χ1n) is 7.55. The van der Waals surface area contributed by atoms with Crippen LogP contribution in [0.25, 0.3) is 0 Å². The van der Waals surface area contributed by atoms with E-state index in [0.29, 0.717) is 18.5 Å². The number of aliphatic carboxylic acids is 1. The van der Waals surface area contributed by atoms with Gasteiger partial charge in [-0.3, -0.25) is 14.4 Å². The number of amides is 2. The topological polar surface area (TPSA) is 95.5 Å². The molecule has 1 saturated carbocycles. The fourth-order valence-corrected chi connectivity index (χ4v) is 2.96. The van der Waals surface area contributed by atoms with Gasteiger partial charge in [-0.2, -0.15) is 0 Å². The Kier molecular flexibility index (Phi) is 6.19. The van der Waals surface area contributed by atoms with Gasteiger partial charge in [0.2, 0.25) is 11.8 Å². The summed E-state index contributed by atoms with van der Waals surface area (Å²) in [5.41, 5.74) is 0.494. The molecule has 130 valence electrons. The first kappa shape index (κ1) is 18.3. The molecule has 1 aliphatic carbocycles. The van der Waals surface area contributed by atoms with Crippen molar-refractivity contribution in [1.29, 1.82) is 0 Å². The first-order chi connectivity index (χ1) is 11.3. The molecule has 8 heteroatoms. The summed E-state index contributed by atoms with van der Waals surface area (Å²) in [7, 11) is 0. The molecule has 1 aromatic rings. The number of thioether (sulfide) groups is 1. The average Bonchev–Trinajstić information content (AvgIpc) is 2.49. The highest BCUT2D eigenvalue weighted by atomic mass is 32.2. The minimum atomic E-state index is -0.833. The summed E-state index contributed by atoms with van der Waals surface area (Å²) in [5, 5.41) is 13.8. The van der Waals surface area contributed by atoms with E-state index in [0.717, 1.165) is 0 Å². The molecular weight excluding hydrogens is 335 g/mol. The summed E-state index contributed by atoms with van der Waals surface area (Å²) in [6.45, 7) is 1.69. The van der Waals surface area contributed by atoms with E-state index in [4.69, 9.17) is 5.11 Å². The highest BCUT2D eigenvalue weighted by Gasteiger charge is 2.35. The molecule has 2 amide bonds. The Hall–Kier alpha value is -2.09.